The molecule has 102 valence electrons. The maximum absolute atomic E-state index is 12.4. The lowest BCUT2D eigenvalue weighted by molar-refractivity contribution is -0.137. The van der Waals surface area contributed by atoms with Gasteiger partial charge in [0, 0.05) is 6.61 Å². The van der Waals surface area contributed by atoms with E-state index in [0.717, 1.165) is 30.5 Å². The standard InChI is InChI=1S/C14H19F3O/c1-3-13(4-2,10-18)9-11-5-7-12(8-6-11)14(15,16)17/h5-8,18H,3-4,9-10H2,1-2H3. The molecule has 0 atom stereocenters. The van der Waals surface area contributed by atoms with Gasteiger partial charge in [0.05, 0.1) is 5.56 Å². The van der Waals surface area contributed by atoms with Crippen molar-refractivity contribution in [3.05, 3.63) is 35.4 Å². The molecular weight excluding hydrogens is 241 g/mol. The van der Waals surface area contributed by atoms with Gasteiger partial charge in [0.1, 0.15) is 0 Å². The Bertz CT molecular complexity index is 355. The molecule has 0 heterocycles. The van der Waals surface area contributed by atoms with Crippen LogP contribution in [-0.2, 0) is 12.6 Å². The predicted octanol–water partition coefficient (Wildman–Crippen LogP) is 4.05. The summed E-state index contributed by atoms with van der Waals surface area (Å²) in [5, 5.41) is 9.44. The van der Waals surface area contributed by atoms with Gasteiger partial charge in [-0.25, -0.2) is 0 Å². The molecule has 0 radical (unpaired) electrons. The van der Waals surface area contributed by atoms with Gasteiger partial charge in [-0.3, -0.25) is 0 Å². The zero-order chi connectivity index (χ0) is 13.8. The fourth-order valence-electron chi connectivity index (χ4n) is 2.02. The molecule has 1 N–H and O–H groups in total. The van der Waals surface area contributed by atoms with Crippen molar-refractivity contribution >= 4 is 0 Å². The predicted molar refractivity (Wildman–Crippen MR) is 65.2 cm³/mol. The number of aliphatic hydroxyl groups excluding tert-OH is 1. The third-order valence-corrected chi connectivity index (χ3v) is 3.70. The average Bonchev–Trinajstić information content (AvgIpc) is 2.36. The van der Waals surface area contributed by atoms with E-state index < -0.39 is 11.7 Å². The molecule has 0 aliphatic rings. The summed E-state index contributed by atoms with van der Waals surface area (Å²) < 4.78 is 37.2. The van der Waals surface area contributed by atoms with Gasteiger partial charge in [0.25, 0.3) is 0 Å². The molecule has 4 heteroatoms. The van der Waals surface area contributed by atoms with E-state index in [4.69, 9.17) is 0 Å². The lowest BCUT2D eigenvalue weighted by Crippen LogP contribution is -2.26. The van der Waals surface area contributed by atoms with Crippen LogP contribution in [-0.4, -0.2) is 11.7 Å². The topological polar surface area (TPSA) is 20.2 Å². The highest BCUT2D eigenvalue weighted by molar-refractivity contribution is 5.25. The summed E-state index contributed by atoms with van der Waals surface area (Å²) in [6.45, 7) is 4.04. The second-order valence-electron chi connectivity index (χ2n) is 4.74. The highest BCUT2D eigenvalue weighted by atomic mass is 19.4. The fourth-order valence-corrected chi connectivity index (χ4v) is 2.02. The zero-order valence-corrected chi connectivity index (χ0v) is 10.7. The van der Waals surface area contributed by atoms with E-state index in [1.165, 1.54) is 12.1 Å². The van der Waals surface area contributed by atoms with E-state index in [-0.39, 0.29) is 12.0 Å². The summed E-state index contributed by atoms with van der Waals surface area (Å²) in [7, 11) is 0. The summed E-state index contributed by atoms with van der Waals surface area (Å²) in [4.78, 5) is 0. The van der Waals surface area contributed by atoms with Gasteiger partial charge in [-0.2, -0.15) is 13.2 Å². The van der Waals surface area contributed by atoms with Crippen molar-refractivity contribution in [2.75, 3.05) is 6.61 Å². The monoisotopic (exact) mass is 260 g/mol. The van der Waals surface area contributed by atoms with Gasteiger partial charge in [-0.05, 0) is 42.4 Å². The first kappa shape index (κ1) is 15.0. The highest BCUT2D eigenvalue weighted by Gasteiger charge is 2.30. The van der Waals surface area contributed by atoms with Crippen LogP contribution in [0, 0.1) is 5.41 Å². The first-order valence-corrected chi connectivity index (χ1v) is 6.14. The molecular formula is C14H19F3O. The molecule has 0 bridgehead atoms. The summed E-state index contributed by atoms with van der Waals surface area (Å²) in [5.41, 5.74) is -0.0191. The number of hydrogen-bond acceptors (Lipinski definition) is 1. The second kappa shape index (κ2) is 5.74. The Morgan fingerprint density at radius 1 is 1.00 bits per heavy atom. The first-order chi connectivity index (χ1) is 8.37. The summed E-state index contributed by atoms with van der Waals surface area (Å²) in [5.74, 6) is 0. The number of hydrogen-bond donors (Lipinski definition) is 1. The Morgan fingerprint density at radius 2 is 1.50 bits per heavy atom. The minimum atomic E-state index is -4.29. The third kappa shape index (κ3) is 3.48. The molecule has 0 aromatic heterocycles. The lowest BCUT2D eigenvalue weighted by atomic mass is 9.78. The smallest absolute Gasteiger partial charge is 0.396 e. The number of halogens is 3. The average molecular weight is 260 g/mol. The van der Waals surface area contributed by atoms with Crippen LogP contribution in [0.3, 0.4) is 0 Å². The van der Waals surface area contributed by atoms with Crippen LogP contribution in [0.5, 0.6) is 0 Å². The number of aliphatic hydroxyl groups is 1. The van der Waals surface area contributed by atoms with Crippen LogP contribution < -0.4 is 0 Å². The van der Waals surface area contributed by atoms with Gasteiger partial charge < -0.3 is 5.11 Å². The maximum Gasteiger partial charge on any atom is 0.416 e. The van der Waals surface area contributed by atoms with Gasteiger partial charge in [-0.15, -0.1) is 0 Å². The van der Waals surface area contributed by atoms with Crippen molar-refractivity contribution < 1.29 is 18.3 Å². The summed E-state index contributed by atoms with van der Waals surface area (Å²) in [6.07, 6.45) is -2.07. The molecule has 0 saturated heterocycles. The van der Waals surface area contributed by atoms with Gasteiger partial charge in [0.15, 0.2) is 0 Å². The largest absolute Gasteiger partial charge is 0.416 e. The SMILES string of the molecule is CCC(CC)(CO)Cc1ccc(C(F)(F)F)cc1. The molecule has 18 heavy (non-hydrogen) atoms. The number of benzene rings is 1. The van der Waals surface area contributed by atoms with E-state index in [9.17, 15) is 18.3 Å². The molecule has 0 aliphatic carbocycles. The van der Waals surface area contributed by atoms with E-state index in [1.807, 2.05) is 13.8 Å². The van der Waals surface area contributed by atoms with Crippen LogP contribution >= 0.6 is 0 Å². The molecule has 0 saturated carbocycles. The molecule has 0 unspecified atom stereocenters. The van der Waals surface area contributed by atoms with Crippen molar-refractivity contribution in [2.45, 2.75) is 39.3 Å². The normalized spacial score (nSPS) is 12.8. The zero-order valence-electron chi connectivity index (χ0n) is 10.7. The Labute approximate surface area is 106 Å². The second-order valence-corrected chi connectivity index (χ2v) is 4.74. The minimum absolute atomic E-state index is 0.0566. The third-order valence-electron chi connectivity index (χ3n) is 3.70. The minimum Gasteiger partial charge on any atom is -0.396 e. The Kier molecular flexibility index (Phi) is 4.79. The summed E-state index contributed by atoms with van der Waals surface area (Å²) >= 11 is 0. The van der Waals surface area contributed by atoms with E-state index >= 15 is 0 Å². The molecule has 0 amide bonds. The van der Waals surface area contributed by atoms with Crippen LogP contribution in [0.15, 0.2) is 24.3 Å². The quantitative estimate of drug-likeness (QED) is 0.847. The number of alkyl halides is 3. The van der Waals surface area contributed by atoms with Crippen molar-refractivity contribution in [3.8, 4) is 0 Å². The Hall–Kier alpha value is -1.03. The van der Waals surface area contributed by atoms with Crippen LogP contribution in [0.25, 0.3) is 0 Å². The lowest BCUT2D eigenvalue weighted by Gasteiger charge is -2.29. The first-order valence-electron chi connectivity index (χ1n) is 6.14. The van der Waals surface area contributed by atoms with Crippen molar-refractivity contribution in [2.24, 2.45) is 5.41 Å². The van der Waals surface area contributed by atoms with E-state index in [0.29, 0.717) is 6.42 Å². The van der Waals surface area contributed by atoms with Gasteiger partial charge >= 0.3 is 6.18 Å². The van der Waals surface area contributed by atoms with E-state index in [2.05, 4.69) is 0 Å². The highest BCUT2D eigenvalue weighted by Crippen LogP contribution is 2.32. The van der Waals surface area contributed by atoms with Crippen LogP contribution in [0.4, 0.5) is 13.2 Å². The summed E-state index contributed by atoms with van der Waals surface area (Å²) in [6, 6.07) is 5.20. The van der Waals surface area contributed by atoms with Crippen LogP contribution in [0.2, 0.25) is 0 Å². The Morgan fingerprint density at radius 3 is 1.83 bits per heavy atom. The van der Waals surface area contributed by atoms with Crippen LogP contribution in [0.1, 0.15) is 37.8 Å². The fraction of sp³-hybridized carbons (Fsp3) is 0.571. The molecule has 0 aliphatic heterocycles. The molecule has 1 aromatic carbocycles. The van der Waals surface area contributed by atoms with Crippen molar-refractivity contribution in [1.82, 2.24) is 0 Å². The molecule has 0 spiro atoms. The molecule has 0 fully saturated rings. The van der Waals surface area contributed by atoms with Crippen molar-refractivity contribution in [3.63, 3.8) is 0 Å². The molecule has 1 rings (SSSR count). The van der Waals surface area contributed by atoms with Gasteiger partial charge in [0.2, 0.25) is 0 Å². The maximum atomic E-state index is 12.4. The van der Waals surface area contributed by atoms with Crippen molar-refractivity contribution in [1.29, 1.82) is 0 Å². The van der Waals surface area contributed by atoms with E-state index in [1.54, 1.807) is 0 Å². The number of rotatable bonds is 5. The molecule has 1 nitrogen and oxygen atoms in total. The molecule has 1 aromatic rings. The van der Waals surface area contributed by atoms with Gasteiger partial charge in [-0.1, -0.05) is 26.0 Å². The Balaban J connectivity index is 2.86.